The molecule has 3 heterocycles. The number of H-pyrrole nitrogens is 1. The lowest BCUT2D eigenvalue weighted by molar-refractivity contribution is 0.234. The third-order valence-corrected chi connectivity index (χ3v) is 5.49. The van der Waals surface area contributed by atoms with Crippen molar-refractivity contribution in [2.24, 2.45) is 0 Å². The van der Waals surface area contributed by atoms with Gasteiger partial charge in [-0.25, -0.2) is 0 Å². The zero-order valence-corrected chi connectivity index (χ0v) is 15.5. The Morgan fingerprint density at radius 1 is 1.11 bits per heavy atom. The van der Waals surface area contributed by atoms with Gasteiger partial charge < -0.3 is 14.5 Å². The number of phenolic OH excluding ortho intramolecular Hbond substituents is 1. The van der Waals surface area contributed by atoms with Gasteiger partial charge in [0.2, 0.25) is 0 Å². The van der Waals surface area contributed by atoms with E-state index in [9.17, 15) is 5.11 Å². The van der Waals surface area contributed by atoms with E-state index in [0.717, 1.165) is 30.8 Å². The highest BCUT2D eigenvalue weighted by atomic mass is 16.3. The number of benzene rings is 2. The highest BCUT2D eigenvalue weighted by Gasteiger charge is 2.31. The lowest BCUT2D eigenvalue weighted by atomic mass is 9.92. The molecule has 2 aromatic heterocycles. The quantitative estimate of drug-likeness (QED) is 0.524. The van der Waals surface area contributed by atoms with Gasteiger partial charge in [-0.15, -0.1) is 0 Å². The number of nitrogens with zero attached hydrogens (tertiary/aromatic N) is 1. The number of aromatic hydroxyl groups is 1. The minimum atomic E-state index is 0.0736. The molecule has 1 aliphatic heterocycles. The van der Waals surface area contributed by atoms with Gasteiger partial charge in [0.15, 0.2) is 0 Å². The predicted molar refractivity (Wildman–Crippen MR) is 111 cm³/mol. The summed E-state index contributed by atoms with van der Waals surface area (Å²) in [6, 6.07) is 20.0. The van der Waals surface area contributed by atoms with Crippen molar-refractivity contribution in [2.75, 3.05) is 13.1 Å². The molecular formula is C24H22N2O2. The third-order valence-electron chi connectivity index (χ3n) is 5.49. The van der Waals surface area contributed by atoms with E-state index < -0.39 is 0 Å². The molecule has 4 heteroatoms. The number of fused-ring (bicyclic) bond motifs is 3. The van der Waals surface area contributed by atoms with Gasteiger partial charge in [0.25, 0.3) is 0 Å². The Morgan fingerprint density at radius 2 is 2.04 bits per heavy atom. The van der Waals surface area contributed by atoms with E-state index in [2.05, 4.69) is 46.3 Å². The van der Waals surface area contributed by atoms with Crippen LogP contribution in [0.4, 0.5) is 0 Å². The molecule has 4 aromatic rings. The maximum atomic E-state index is 10.1. The smallest absolute Gasteiger partial charge is 0.126 e. The van der Waals surface area contributed by atoms with Crippen LogP contribution in [0.2, 0.25) is 0 Å². The first-order valence-electron chi connectivity index (χ1n) is 9.62. The first-order chi connectivity index (χ1) is 13.8. The molecule has 0 spiro atoms. The minimum Gasteiger partial charge on any atom is -0.508 e. The van der Waals surface area contributed by atoms with Gasteiger partial charge in [-0.05, 0) is 54.0 Å². The van der Waals surface area contributed by atoms with Gasteiger partial charge in [0.05, 0.1) is 12.3 Å². The van der Waals surface area contributed by atoms with Crippen molar-refractivity contribution in [1.29, 1.82) is 0 Å². The zero-order valence-electron chi connectivity index (χ0n) is 15.5. The van der Waals surface area contributed by atoms with Crippen molar-refractivity contribution in [3.8, 4) is 5.75 Å². The van der Waals surface area contributed by atoms with E-state index in [1.54, 1.807) is 12.3 Å². The number of nitrogens with one attached hydrogen (secondary N) is 1. The Kier molecular flexibility index (Phi) is 4.26. The molecule has 1 unspecified atom stereocenters. The van der Waals surface area contributed by atoms with Crippen LogP contribution in [-0.2, 0) is 6.42 Å². The van der Waals surface area contributed by atoms with Gasteiger partial charge in [-0.2, -0.15) is 0 Å². The summed E-state index contributed by atoms with van der Waals surface area (Å²) in [5.74, 6) is 1.16. The molecule has 0 saturated carbocycles. The number of phenols is 1. The molecule has 5 rings (SSSR count). The van der Waals surface area contributed by atoms with E-state index >= 15 is 0 Å². The normalized spacial score (nSPS) is 17.4. The van der Waals surface area contributed by atoms with E-state index in [1.165, 1.54) is 22.2 Å². The lowest BCUT2D eigenvalue weighted by Gasteiger charge is -2.35. The molecular weight excluding hydrogens is 348 g/mol. The summed E-state index contributed by atoms with van der Waals surface area (Å²) in [6.07, 6.45) is 6.85. The predicted octanol–water partition coefficient (Wildman–Crippen LogP) is 5.13. The minimum absolute atomic E-state index is 0.0736. The van der Waals surface area contributed by atoms with Crippen molar-refractivity contribution in [3.63, 3.8) is 0 Å². The summed E-state index contributed by atoms with van der Waals surface area (Å²) >= 11 is 0. The number of aromatic amines is 1. The zero-order chi connectivity index (χ0) is 18.9. The van der Waals surface area contributed by atoms with E-state index in [-0.39, 0.29) is 6.04 Å². The Balaban J connectivity index is 1.55. The molecule has 140 valence electrons. The molecule has 0 aliphatic carbocycles. The largest absolute Gasteiger partial charge is 0.508 e. The van der Waals surface area contributed by atoms with E-state index in [1.807, 2.05) is 30.3 Å². The Bertz CT molecular complexity index is 1120. The fourth-order valence-electron chi connectivity index (χ4n) is 4.25. The number of hydrogen-bond acceptors (Lipinski definition) is 3. The van der Waals surface area contributed by atoms with Crippen molar-refractivity contribution in [1.82, 2.24) is 9.88 Å². The van der Waals surface area contributed by atoms with Crippen LogP contribution in [0.3, 0.4) is 0 Å². The first kappa shape index (κ1) is 16.9. The Labute approximate surface area is 163 Å². The van der Waals surface area contributed by atoms with Crippen molar-refractivity contribution >= 4 is 17.0 Å². The van der Waals surface area contributed by atoms with E-state index in [4.69, 9.17) is 4.42 Å². The fourth-order valence-corrected chi connectivity index (χ4v) is 4.25. The number of furan rings is 1. The summed E-state index contributed by atoms with van der Waals surface area (Å²) in [5, 5.41) is 11.4. The molecule has 1 atom stereocenters. The fraction of sp³-hybridized carbons (Fsp3) is 0.167. The number of para-hydroxylation sites is 1. The first-order valence-corrected chi connectivity index (χ1v) is 9.62. The molecule has 2 N–H and O–H groups in total. The number of aromatic nitrogens is 1. The average Bonchev–Trinajstić information content (AvgIpc) is 3.35. The highest BCUT2D eigenvalue weighted by Crippen LogP contribution is 2.38. The van der Waals surface area contributed by atoms with Crippen LogP contribution >= 0.6 is 0 Å². The highest BCUT2D eigenvalue weighted by molar-refractivity contribution is 5.85. The van der Waals surface area contributed by atoms with Crippen LogP contribution in [0.1, 0.15) is 28.6 Å². The van der Waals surface area contributed by atoms with Crippen molar-refractivity contribution in [3.05, 3.63) is 95.6 Å². The molecule has 0 amide bonds. The summed E-state index contributed by atoms with van der Waals surface area (Å²) in [5.41, 5.74) is 4.88. The van der Waals surface area contributed by atoms with Gasteiger partial charge >= 0.3 is 0 Å². The summed E-state index contributed by atoms with van der Waals surface area (Å²) < 4.78 is 5.40. The van der Waals surface area contributed by atoms with Crippen molar-refractivity contribution in [2.45, 2.75) is 12.5 Å². The number of rotatable bonds is 4. The molecule has 4 nitrogen and oxygen atoms in total. The third kappa shape index (κ3) is 3.02. The van der Waals surface area contributed by atoms with Crippen LogP contribution in [0.5, 0.6) is 5.75 Å². The van der Waals surface area contributed by atoms with Crippen LogP contribution in [0.25, 0.3) is 17.0 Å². The van der Waals surface area contributed by atoms with Gasteiger partial charge in [-0.3, -0.25) is 4.90 Å². The second kappa shape index (κ2) is 7.06. The number of hydrogen-bond donors (Lipinski definition) is 2. The molecule has 28 heavy (non-hydrogen) atoms. The SMILES string of the molecule is Oc1cccc(C2c3[nH]c4ccccc4c3CCN2C/C=C/c2ccco2)c1. The lowest BCUT2D eigenvalue weighted by Crippen LogP contribution is -2.36. The van der Waals surface area contributed by atoms with Crippen LogP contribution < -0.4 is 0 Å². The maximum Gasteiger partial charge on any atom is 0.126 e. The standard InChI is InChI=1S/C24H22N2O2/c27-18-7-3-6-17(16-18)24-23-21(20-10-1-2-11-22(20)25-23)12-14-26(24)13-4-8-19-9-5-15-28-19/h1-11,15-16,24-25,27H,12-14H2/b8-4+. The molecule has 0 fully saturated rings. The second-order valence-corrected chi connectivity index (χ2v) is 7.22. The molecule has 0 radical (unpaired) electrons. The average molecular weight is 370 g/mol. The van der Waals surface area contributed by atoms with Gasteiger partial charge in [0.1, 0.15) is 11.5 Å². The summed E-state index contributed by atoms with van der Waals surface area (Å²) in [6.45, 7) is 1.76. The van der Waals surface area contributed by atoms with E-state index in [0.29, 0.717) is 5.75 Å². The summed E-state index contributed by atoms with van der Waals surface area (Å²) in [4.78, 5) is 6.09. The van der Waals surface area contributed by atoms with Crippen LogP contribution in [-0.4, -0.2) is 28.1 Å². The van der Waals surface area contributed by atoms with Gasteiger partial charge in [-0.1, -0.05) is 36.4 Å². The van der Waals surface area contributed by atoms with Crippen molar-refractivity contribution < 1.29 is 9.52 Å². The Hall–Kier alpha value is -3.24. The van der Waals surface area contributed by atoms with Crippen LogP contribution in [0, 0.1) is 0 Å². The summed E-state index contributed by atoms with van der Waals surface area (Å²) in [7, 11) is 0. The monoisotopic (exact) mass is 370 g/mol. The van der Waals surface area contributed by atoms with Crippen LogP contribution in [0.15, 0.2) is 77.4 Å². The topological polar surface area (TPSA) is 52.4 Å². The Morgan fingerprint density at radius 3 is 2.89 bits per heavy atom. The second-order valence-electron chi connectivity index (χ2n) is 7.22. The molecule has 0 bridgehead atoms. The van der Waals surface area contributed by atoms with Gasteiger partial charge in [0, 0.05) is 29.7 Å². The molecule has 2 aromatic carbocycles. The maximum absolute atomic E-state index is 10.1. The molecule has 0 saturated heterocycles. The molecule has 1 aliphatic rings.